The van der Waals surface area contributed by atoms with Gasteiger partial charge in [-0.2, -0.15) is 0 Å². The fraction of sp³-hybridized carbons (Fsp3) is 0.571. The van der Waals surface area contributed by atoms with Gasteiger partial charge >= 0.3 is 0 Å². The van der Waals surface area contributed by atoms with E-state index in [1.165, 1.54) is 0 Å². The maximum Gasteiger partial charge on any atom is 0.0456 e. The molecular weight excluding hydrogens is 112 g/mol. The molecule has 0 unspecified atom stereocenters. The lowest BCUT2D eigenvalue weighted by Crippen LogP contribution is -2.54. The first-order chi connectivity index (χ1) is 4.45. The van der Waals surface area contributed by atoms with Crippen molar-refractivity contribution >= 4 is 0 Å². The molecule has 0 aliphatic carbocycles. The topological polar surface area (TPSA) is 24.1 Å². The minimum absolute atomic E-state index is 0.522. The molecule has 1 fully saturated rings. The Hall–Kier alpha value is -0.560. The normalized spacial score (nSPS) is 39.1. The fourth-order valence-corrected chi connectivity index (χ4v) is 1.29. The van der Waals surface area contributed by atoms with Gasteiger partial charge in [0.25, 0.3) is 0 Å². The summed E-state index contributed by atoms with van der Waals surface area (Å²) in [6, 6.07) is 1.04. The first kappa shape index (κ1) is 5.24. The summed E-state index contributed by atoms with van der Waals surface area (Å²) in [5, 5.41) is 6.74. The highest BCUT2D eigenvalue weighted by molar-refractivity contribution is 5.09. The maximum atomic E-state index is 3.42. The Morgan fingerprint density at radius 3 is 2.44 bits per heavy atom. The van der Waals surface area contributed by atoms with Crippen molar-refractivity contribution < 1.29 is 0 Å². The predicted octanol–water partition coefficient (Wildman–Crippen LogP) is -0.359. The molecule has 0 saturated carbocycles. The molecule has 0 spiro atoms. The third-order valence-corrected chi connectivity index (χ3v) is 1.75. The quantitative estimate of drug-likeness (QED) is 0.429. The van der Waals surface area contributed by atoms with E-state index in [9.17, 15) is 0 Å². The van der Waals surface area contributed by atoms with Crippen LogP contribution in [0.15, 0.2) is 17.9 Å². The number of rotatable bonds is 0. The van der Waals surface area contributed by atoms with E-state index in [0.29, 0.717) is 12.1 Å². The van der Waals surface area contributed by atoms with Gasteiger partial charge in [-0.3, -0.25) is 0 Å². The summed E-state index contributed by atoms with van der Waals surface area (Å²) in [5.74, 6) is 0. The first-order valence-corrected chi connectivity index (χ1v) is 3.34. The second kappa shape index (κ2) is 1.99. The van der Waals surface area contributed by atoms with Crippen molar-refractivity contribution in [2.75, 3.05) is 13.1 Å². The average molecular weight is 122 g/mol. The Kier molecular flexibility index (Phi) is 1.16. The Balaban J connectivity index is 2.22. The number of piperazine rings is 1. The van der Waals surface area contributed by atoms with E-state index in [4.69, 9.17) is 0 Å². The lowest BCUT2D eigenvalue weighted by atomic mass is 10.1. The Morgan fingerprint density at radius 2 is 1.89 bits per heavy atom. The van der Waals surface area contributed by atoms with E-state index < -0.39 is 0 Å². The summed E-state index contributed by atoms with van der Waals surface area (Å²) in [6.07, 6.45) is 4.14. The molecule has 0 aromatic heterocycles. The molecule has 9 heavy (non-hydrogen) atoms. The number of hydrogen-bond acceptors (Lipinski definition) is 2. The molecule has 2 aliphatic heterocycles. The second-order valence-electron chi connectivity index (χ2n) is 2.54. The highest BCUT2D eigenvalue weighted by Gasteiger charge is 2.17. The summed E-state index contributed by atoms with van der Waals surface area (Å²) in [4.78, 5) is 0. The van der Waals surface area contributed by atoms with Crippen molar-refractivity contribution in [2.45, 2.75) is 12.1 Å². The molecular formula is C7H10N2. The molecule has 0 aromatic carbocycles. The smallest absolute Gasteiger partial charge is 0.0456 e. The van der Waals surface area contributed by atoms with Crippen LogP contribution in [0.3, 0.4) is 0 Å². The third kappa shape index (κ3) is 0.924. The van der Waals surface area contributed by atoms with Gasteiger partial charge < -0.3 is 10.6 Å². The van der Waals surface area contributed by atoms with Crippen LogP contribution in [0.1, 0.15) is 0 Å². The monoisotopic (exact) mass is 122 g/mol. The van der Waals surface area contributed by atoms with Crippen LogP contribution in [0.25, 0.3) is 0 Å². The highest BCUT2D eigenvalue weighted by Crippen LogP contribution is 2.00. The van der Waals surface area contributed by atoms with Gasteiger partial charge in [-0.25, -0.2) is 0 Å². The van der Waals surface area contributed by atoms with E-state index in [1.807, 2.05) is 0 Å². The molecule has 2 atom stereocenters. The number of nitrogens with one attached hydrogen (secondary N) is 2. The molecule has 2 N–H and O–H groups in total. The largest absolute Gasteiger partial charge is 0.313 e. The third-order valence-electron chi connectivity index (χ3n) is 1.75. The van der Waals surface area contributed by atoms with E-state index >= 15 is 0 Å². The van der Waals surface area contributed by atoms with E-state index in [1.54, 1.807) is 0 Å². The van der Waals surface area contributed by atoms with Crippen molar-refractivity contribution in [1.29, 1.82) is 0 Å². The zero-order valence-corrected chi connectivity index (χ0v) is 5.22. The molecule has 0 amide bonds. The first-order valence-electron chi connectivity index (χ1n) is 3.34. The Bertz CT molecular complexity index is 154. The minimum Gasteiger partial charge on any atom is -0.313 e. The van der Waals surface area contributed by atoms with Crippen LogP contribution in [0, 0.1) is 0 Å². The van der Waals surface area contributed by atoms with Crippen LogP contribution in [-0.2, 0) is 0 Å². The van der Waals surface area contributed by atoms with Gasteiger partial charge in [0.1, 0.15) is 0 Å². The molecule has 2 rings (SSSR count). The predicted molar refractivity (Wildman–Crippen MR) is 36.2 cm³/mol. The molecule has 48 valence electrons. The van der Waals surface area contributed by atoms with Gasteiger partial charge in [0.2, 0.25) is 0 Å². The molecule has 2 heterocycles. The number of hydrogen-bond donors (Lipinski definition) is 2. The van der Waals surface area contributed by atoms with E-state index in [2.05, 4.69) is 28.5 Å². The summed E-state index contributed by atoms with van der Waals surface area (Å²) in [6.45, 7) is 2.11. The van der Waals surface area contributed by atoms with Crippen molar-refractivity contribution in [3.63, 3.8) is 0 Å². The van der Waals surface area contributed by atoms with Crippen LogP contribution in [0.4, 0.5) is 0 Å². The molecule has 2 heteroatoms. The standard InChI is InChI=1S/C7H10N2/c1-2-6-4-8-5-7(3-1)9-6/h2-3,6-9H,4-5H2/t6-,7+. The van der Waals surface area contributed by atoms with Gasteiger partial charge in [0.05, 0.1) is 0 Å². The molecule has 2 nitrogen and oxygen atoms in total. The molecule has 2 bridgehead atoms. The summed E-state index contributed by atoms with van der Waals surface area (Å²) < 4.78 is 0. The van der Waals surface area contributed by atoms with E-state index in [0.717, 1.165) is 13.1 Å². The average Bonchev–Trinajstić information content (AvgIpc) is 1.88. The molecule has 0 radical (unpaired) electrons. The number of fused-ring (bicyclic) bond motifs is 2. The minimum atomic E-state index is 0.522. The molecule has 0 aromatic rings. The zero-order chi connectivity index (χ0) is 6.10. The molecule has 2 aliphatic rings. The van der Waals surface area contributed by atoms with Gasteiger partial charge in [-0.1, -0.05) is 0 Å². The van der Waals surface area contributed by atoms with Gasteiger partial charge in [-0.15, -0.1) is 5.73 Å². The summed E-state index contributed by atoms with van der Waals surface area (Å²) in [7, 11) is 0. The Labute approximate surface area is 54.6 Å². The van der Waals surface area contributed by atoms with Crippen LogP contribution in [0.2, 0.25) is 0 Å². The van der Waals surface area contributed by atoms with E-state index in [-0.39, 0.29) is 0 Å². The fourth-order valence-electron chi connectivity index (χ4n) is 1.29. The SMILES string of the molecule is C1=C[C@@H]2CNC[C@H](C=1)N2. The summed E-state index contributed by atoms with van der Waals surface area (Å²) >= 11 is 0. The Morgan fingerprint density at radius 1 is 1.22 bits per heavy atom. The van der Waals surface area contributed by atoms with Gasteiger partial charge in [0.15, 0.2) is 0 Å². The lowest BCUT2D eigenvalue weighted by molar-refractivity contribution is 0.411. The van der Waals surface area contributed by atoms with Crippen molar-refractivity contribution in [3.05, 3.63) is 17.9 Å². The lowest BCUT2D eigenvalue weighted by Gasteiger charge is -2.29. The highest BCUT2D eigenvalue weighted by atomic mass is 15.1. The van der Waals surface area contributed by atoms with Crippen LogP contribution < -0.4 is 10.6 Å². The van der Waals surface area contributed by atoms with Crippen LogP contribution >= 0.6 is 0 Å². The van der Waals surface area contributed by atoms with Crippen LogP contribution in [-0.4, -0.2) is 25.2 Å². The van der Waals surface area contributed by atoms with Crippen molar-refractivity contribution in [3.8, 4) is 0 Å². The van der Waals surface area contributed by atoms with Crippen molar-refractivity contribution in [1.82, 2.24) is 10.6 Å². The zero-order valence-electron chi connectivity index (χ0n) is 5.22. The maximum absolute atomic E-state index is 3.42. The van der Waals surface area contributed by atoms with Crippen LogP contribution in [0.5, 0.6) is 0 Å². The van der Waals surface area contributed by atoms with Gasteiger partial charge in [0, 0.05) is 25.2 Å². The van der Waals surface area contributed by atoms with Crippen molar-refractivity contribution in [2.24, 2.45) is 0 Å². The molecule has 1 saturated heterocycles. The summed E-state index contributed by atoms with van der Waals surface area (Å²) in [5.41, 5.74) is 3.13. The second-order valence-corrected chi connectivity index (χ2v) is 2.54. The van der Waals surface area contributed by atoms with Gasteiger partial charge in [-0.05, 0) is 12.2 Å².